The predicted molar refractivity (Wildman–Crippen MR) is 97.7 cm³/mol. The first-order chi connectivity index (χ1) is 12.1. The Hall–Kier alpha value is -2.20. The third-order valence-electron chi connectivity index (χ3n) is 4.65. The Bertz CT molecular complexity index is 708. The van der Waals surface area contributed by atoms with Crippen LogP contribution in [0.3, 0.4) is 0 Å². The fourth-order valence-electron chi connectivity index (χ4n) is 2.94. The lowest BCUT2D eigenvalue weighted by atomic mass is 9.99. The number of rotatable bonds is 7. The zero-order valence-electron chi connectivity index (χ0n) is 14.8. The summed E-state index contributed by atoms with van der Waals surface area (Å²) in [4.78, 5) is 12.7. The number of amides is 1. The summed E-state index contributed by atoms with van der Waals surface area (Å²) in [6.45, 7) is 4.15. The Balaban J connectivity index is 1.82. The van der Waals surface area contributed by atoms with E-state index in [2.05, 4.69) is 48.7 Å². The molecule has 0 aliphatic heterocycles. The molecule has 132 valence electrons. The number of carbonyl (C=O) groups is 1. The van der Waals surface area contributed by atoms with Crippen molar-refractivity contribution in [3.05, 3.63) is 71.0 Å². The highest BCUT2D eigenvalue weighted by Gasteiger charge is 2.29. The molecule has 0 bridgehead atoms. The second-order valence-corrected chi connectivity index (χ2v) is 6.81. The molecular formula is C21H25FN2O. The molecule has 2 atom stereocenters. The number of halogens is 1. The molecule has 1 amide bonds. The summed E-state index contributed by atoms with van der Waals surface area (Å²) in [5, 5.41) is 6.54. The third kappa shape index (κ3) is 4.67. The van der Waals surface area contributed by atoms with Gasteiger partial charge in [-0.25, -0.2) is 4.39 Å². The highest BCUT2D eigenvalue weighted by molar-refractivity contribution is 5.83. The quantitative estimate of drug-likeness (QED) is 0.793. The first-order valence-corrected chi connectivity index (χ1v) is 8.95. The van der Waals surface area contributed by atoms with Crippen LogP contribution in [0.1, 0.15) is 55.0 Å². The van der Waals surface area contributed by atoms with E-state index in [0.29, 0.717) is 0 Å². The van der Waals surface area contributed by atoms with E-state index in [0.717, 1.165) is 30.4 Å². The second-order valence-electron chi connectivity index (χ2n) is 6.81. The fraction of sp³-hybridized carbons (Fsp3) is 0.381. The van der Waals surface area contributed by atoms with Crippen LogP contribution < -0.4 is 10.6 Å². The maximum atomic E-state index is 13.3. The van der Waals surface area contributed by atoms with Crippen molar-refractivity contribution in [1.29, 1.82) is 0 Å². The molecule has 1 aliphatic carbocycles. The average molecular weight is 340 g/mol. The monoisotopic (exact) mass is 340 g/mol. The van der Waals surface area contributed by atoms with Gasteiger partial charge in [0.1, 0.15) is 11.9 Å². The maximum Gasteiger partial charge on any atom is 0.241 e. The van der Waals surface area contributed by atoms with E-state index >= 15 is 0 Å². The number of hydrogen-bond donors (Lipinski definition) is 2. The van der Waals surface area contributed by atoms with Crippen LogP contribution >= 0.6 is 0 Å². The predicted octanol–water partition coefficient (Wildman–Crippen LogP) is 4.19. The Labute approximate surface area is 148 Å². The number of carbonyl (C=O) groups excluding carboxylic acids is 1. The van der Waals surface area contributed by atoms with Crippen molar-refractivity contribution in [2.24, 2.45) is 0 Å². The molecule has 2 aromatic rings. The Morgan fingerprint density at radius 2 is 1.68 bits per heavy atom. The first-order valence-electron chi connectivity index (χ1n) is 8.95. The molecule has 4 heteroatoms. The van der Waals surface area contributed by atoms with E-state index in [1.165, 1.54) is 17.7 Å². The van der Waals surface area contributed by atoms with Crippen LogP contribution in [0.2, 0.25) is 0 Å². The molecule has 25 heavy (non-hydrogen) atoms. The zero-order chi connectivity index (χ0) is 17.8. The van der Waals surface area contributed by atoms with E-state index in [1.54, 1.807) is 12.1 Å². The number of aryl methyl sites for hydroxylation is 1. The topological polar surface area (TPSA) is 41.1 Å². The van der Waals surface area contributed by atoms with Gasteiger partial charge >= 0.3 is 0 Å². The zero-order valence-corrected chi connectivity index (χ0v) is 14.8. The van der Waals surface area contributed by atoms with Gasteiger partial charge in [-0.2, -0.15) is 0 Å². The first kappa shape index (κ1) is 17.6. The summed E-state index contributed by atoms with van der Waals surface area (Å²) < 4.78 is 13.3. The van der Waals surface area contributed by atoms with Crippen LogP contribution in [0.5, 0.6) is 0 Å². The molecule has 1 saturated carbocycles. The van der Waals surface area contributed by atoms with E-state index in [1.807, 2.05) is 0 Å². The Kier molecular flexibility index (Phi) is 5.49. The molecule has 0 heterocycles. The van der Waals surface area contributed by atoms with Gasteiger partial charge in [0.15, 0.2) is 0 Å². The van der Waals surface area contributed by atoms with Crippen molar-refractivity contribution >= 4 is 5.91 Å². The van der Waals surface area contributed by atoms with Crippen LogP contribution in [0.15, 0.2) is 48.5 Å². The van der Waals surface area contributed by atoms with Crippen LogP contribution in [-0.4, -0.2) is 11.9 Å². The van der Waals surface area contributed by atoms with Crippen molar-refractivity contribution in [2.45, 2.75) is 51.2 Å². The Morgan fingerprint density at radius 3 is 2.24 bits per heavy atom. The largest absolute Gasteiger partial charge is 0.352 e. The highest BCUT2D eigenvalue weighted by atomic mass is 19.1. The van der Waals surface area contributed by atoms with Gasteiger partial charge in [0.2, 0.25) is 5.91 Å². The molecule has 3 rings (SSSR count). The summed E-state index contributed by atoms with van der Waals surface area (Å²) in [5.74, 6) is -0.338. The molecule has 1 fully saturated rings. The van der Waals surface area contributed by atoms with Gasteiger partial charge in [0.25, 0.3) is 0 Å². The second kappa shape index (κ2) is 7.79. The van der Waals surface area contributed by atoms with Gasteiger partial charge in [-0.3, -0.25) is 10.1 Å². The summed E-state index contributed by atoms with van der Waals surface area (Å²) in [5.41, 5.74) is 3.14. The lowest BCUT2D eigenvalue weighted by molar-refractivity contribution is -0.123. The average Bonchev–Trinajstić information content (AvgIpc) is 3.42. The molecule has 3 nitrogen and oxygen atoms in total. The molecule has 0 saturated heterocycles. The molecule has 0 unspecified atom stereocenters. The standard InChI is InChI=1S/C21H25FN2O/c1-3-19(15-6-4-14(2)5-7-15)24-20(21(25)23-18-12-13-18)16-8-10-17(22)11-9-16/h4-11,18-20,24H,3,12-13H2,1-2H3,(H,23,25)/t19-,20+/m0/s1. The summed E-state index contributed by atoms with van der Waals surface area (Å²) in [7, 11) is 0. The van der Waals surface area contributed by atoms with Gasteiger partial charge in [-0.05, 0) is 49.4 Å². The number of nitrogens with one attached hydrogen (secondary N) is 2. The van der Waals surface area contributed by atoms with Crippen molar-refractivity contribution in [1.82, 2.24) is 10.6 Å². The van der Waals surface area contributed by atoms with Gasteiger partial charge in [-0.15, -0.1) is 0 Å². The molecular weight excluding hydrogens is 315 g/mol. The van der Waals surface area contributed by atoms with Gasteiger partial charge in [-0.1, -0.05) is 48.9 Å². The molecule has 0 radical (unpaired) electrons. The minimum atomic E-state index is -0.493. The Morgan fingerprint density at radius 1 is 1.08 bits per heavy atom. The van der Waals surface area contributed by atoms with Crippen LogP contribution in [-0.2, 0) is 4.79 Å². The lowest BCUT2D eigenvalue weighted by Crippen LogP contribution is -2.40. The minimum Gasteiger partial charge on any atom is -0.352 e. The SMILES string of the molecule is CC[C@H](N[C@@H](C(=O)NC1CC1)c1ccc(F)cc1)c1ccc(C)cc1. The maximum absolute atomic E-state index is 13.3. The highest BCUT2D eigenvalue weighted by Crippen LogP contribution is 2.25. The van der Waals surface area contributed by atoms with E-state index < -0.39 is 6.04 Å². The van der Waals surface area contributed by atoms with Crippen LogP contribution in [0, 0.1) is 12.7 Å². The molecule has 0 spiro atoms. The van der Waals surface area contributed by atoms with E-state index in [4.69, 9.17) is 0 Å². The lowest BCUT2D eigenvalue weighted by Gasteiger charge is -2.25. The number of hydrogen-bond acceptors (Lipinski definition) is 2. The van der Waals surface area contributed by atoms with Gasteiger partial charge in [0, 0.05) is 12.1 Å². The van der Waals surface area contributed by atoms with Crippen LogP contribution in [0.25, 0.3) is 0 Å². The molecule has 1 aliphatic rings. The molecule has 2 aromatic carbocycles. The minimum absolute atomic E-state index is 0.0420. The summed E-state index contributed by atoms with van der Waals surface area (Å²) in [6, 6.07) is 14.4. The molecule has 2 N–H and O–H groups in total. The van der Waals surface area contributed by atoms with Gasteiger partial charge in [0.05, 0.1) is 0 Å². The van der Waals surface area contributed by atoms with Crippen molar-refractivity contribution < 1.29 is 9.18 Å². The van der Waals surface area contributed by atoms with Crippen molar-refractivity contribution in [3.8, 4) is 0 Å². The third-order valence-corrected chi connectivity index (χ3v) is 4.65. The fourth-order valence-corrected chi connectivity index (χ4v) is 2.94. The van der Waals surface area contributed by atoms with Crippen molar-refractivity contribution in [2.75, 3.05) is 0 Å². The smallest absolute Gasteiger partial charge is 0.241 e. The van der Waals surface area contributed by atoms with Gasteiger partial charge < -0.3 is 5.32 Å². The molecule has 0 aromatic heterocycles. The normalized spacial score (nSPS) is 16.3. The van der Waals surface area contributed by atoms with Crippen molar-refractivity contribution in [3.63, 3.8) is 0 Å². The van der Waals surface area contributed by atoms with Crippen LogP contribution in [0.4, 0.5) is 4.39 Å². The van der Waals surface area contributed by atoms with E-state index in [-0.39, 0.29) is 23.8 Å². The summed E-state index contributed by atoms with van der Waals surface area (Å²) >= 11 is 0. The summed E-state index contributed by atoms with van der Waals surface area (Å²) in [6.07, 6.45) is 2.94. The number of benzene rings is 2. The van der Waals surface area contributed by atoms with E-state index in [9.17, 15) is 9.18 Å².